The number of aromatic nitrogens is 2. The number of halogens is 2. The summed E-state index contributed by atoms with van der Waals surface area (Å²) in [4.78, 5) is 18.5. The standard InChI is InChI=1S/C20H19F2N3O/c1-14-2-4-17(5-3-14)25-9-6-15-12-16(13-23-18(15)25)19(26)24-10-7-20(21,22)8-11-24/h2-6,9,12-13H,7-8,10-11H2,1H3. The average molecular weight is 355 g/mol. The van der Waals surface area contributed by atoms with E-state index in [2.05, 4.69) is 4.98 Å². The molecule has 0 spiro atoms. The van der Waals surface area contributed by atoms with Crippen LogP contribution in [0.1, 0.15) is 28.8 Å². The second-order valence-electron chi connectivity index (χ2n) is 6.81. The minimum absolute atomic E-state index is 0.0776. The first-order valence-electron chi connectivity index (χ1n) is 8.64. The van der Waals surface area contributed by atoms with E-state index in [1.807, 2.05) is 48.0 Å². The number of carbonyl (C=O) groups excluding carboxylic acids is 1. The van der Waals surface area contributed by atoms with Crippen molar-refractivity contribution in [3.05, 3.63) is 59.9 Å². The molecule has 0 unspecified atom stereocenters. The van der Waals surface area contributed by atoms with E-state index in [9.17, 15) is 13.6 Å². The number of aryl methyl sites for hydroxylation is 1. The van der Waals surface area contributed by atoms with Crippen LogP contribution < -0.4 is 0 Å². The van der Waals surface area contributed by atoms with E-state index in [-0.39, 0.29) is 31.8 Å². The van der Waals surface area contributed by atoms with Gasteiger partial charge in [-0.05, 0) is 31.2 Å². The summed E-state index contributed by atoms with van der Waals surface area (Å²) in [7, 11) is 0. The lowest BCUT2D eigenvalue weighted by Crippen LogP contribution is -2.42. The van der Waals surface area contributed by atoms with Crippen LogP contribution in [0.25, 0.3) is 16.7 Å². The molecule has 1 fully saturated rings. The van der Waals surface area contributed by atoms with Crippen molar-refractivity contribution in [3.8, 4) is 5.69 Å². The number of hydrogen-bond acceptors (Lipinski definition) is 2. The van der Waals surface area contributed by atoms with Gasteiger partial charge in [-0.15, -0.1) is 0 Å². The van der Waals surface area contributed by atoms with Crippen molar-refractivity contribution in [1.82, 2.24) is 14.5 Å². The molecule has 1 saturated heterocycles. The lowest BCUT2D eigenvalue weighted by Gasteiger charge is -2.31. The number of fused-ring (bicyclic) bond motifs is 1. The maximum Gasteiger partial charge on any atom is 0.255 e. The average Bonchev–Trinajstić information content (AvgIpc) is 3.05. The van der Waals surface area contributed by atoms with E-state index in [0.717, 1.165) is 16.7 Å². The molecule has 0 saturated carbocycles. The number of likely N-dealkylation sites (tertiary alicyclic amines) is 1. The van der Waals surface area contributed by atoms with Crippen LogP contribution in [0.15, 0.2) is 48.8 Å². The van der Waals surface area contributed by atoms with Gasteiger partial charge in [0.2, 0.25) is 0 Å². The van der Waals surface area contributed by atoms with Crippen molar-refractivity contribution in [3.63, 3.8) is 0 Å². The Morgan fingerprint density at radius 2 is 1.81 bits per heavy atom. The number of piperidine rings is 1. The number of nitrogens with zero attached hydrogens (tertiary/aromatic N) is 3. The Labute approximate surface area is 150 Å². The third-order valence-electron chi connectivity index (χ3n) is 4.87. The van der Waals surface area contributed by atoms with Crippen LogP contribution in [0.2, 0.25) is 0 Å². The van der Waals surface area contributed by atoms with Gasteiger partial charge in [-0.3, -0.25) is 4.79 Å². The van der Waals surface area contributed by atoms with Crippen LogP contribution in [0.4, 0.5) is 8.78 Å². The molecular weight excluding hydrogens is 336 g/mol. The van der Waals surface area contributed by atoms with Crippen molar-refractivity contribution in [2.24, 2.45) is 0 Å². The quantitative estimate of drug-likeness (QED) is 0.691. The van der Waals surface area contributed by atoms with Crippen LogP contribution in [-0.2, 0) is 0 Å². The molecule has 1 aliphatic rings. The third-order valence-corrected chi connectivity index (χ3v) is 4.87. The molecule has 1 aromatic carbocycles. The molecule has 1 amide bonds. The second kappa shape index (κ2) is 6.20. The van der Waals surface area contributed by atoms with Gasteiger partial charge >= 0.3 is 0 Å². The Hall–Kier alpha value is -2.76. The zero-order valence-corrected chi connectivity index (χ0v) is 14.5. The summed E-state index contributed by atoms with van der Waals surface area (Å²) in [5.41, 5.74) is 3.37. The van der Waals surface area contributed by atoms with E-state index in [1.54, 1.807) is 6.07 Å². The van der Waals surface area contributed by atoms with Gasteiger partial charge < -0.3 is 9.47 Å². The minimum Gasteiger partial charge on any atom is -0.338 e. The summed E-state index contributed by atoms with van der Waals surface area (Å²) in [6, 6.07) is 11.8. The summed E-state index contributed by atoms with van der Waals surface area (Å²) in [5, 5.41) is 0.846. The monoisotopic (exact) mass is 355 g/mol. The third kappa shape index (κ3) is 3.07. The van der Waals surface area contributed by atoms with E-state index in [4.69, 9.17) is 0 Å². The predicted octanol–water partition coefficient (Wildman–Crippen LogP) is 4.21. The summed E-state index contributed by atoms with van der Waals surface area (Å²) < 4.78 is 28.5. The normalized spacial score (nSPS) is 16.8. The first kappa shape index (κ1) is 16.7. The van der Waals surface area contributed by atoms with Crippen molar-refractivity contribution < 1.29 is 13.6 Å². The molecule has 3 aromatic rings. The van der Waals surface area contributed by atoms with Gasteiger partial charge in [0.25, 0.3) is 11.8 Å². The number of amides is 1. The summed E-state index contributed by atoms with van der Waals surface area (Å²) >= 11 is 0. The molecule has 1 aliphatic heterocycles. The molecule has 4 rings (SSSR count). The van der Waals surface area contributed by atoms with Crippen LogP contribution in [0, 0.1) is 6.92 Å². The van der Waals surface area contributed by atoms with Gasteiger partial charge in [-0.2, -0.15) is 0 Å². The fourth-order valence-corrected chi connectivity index (χ4v) is 3.27. The van der Waals surface area contributed by atoms with Gasteiger partial charge in [-0.25, -0.2) is 13.8 Å². The van der Waals surface area contributed by atoms with Crippen molar-refractivity contribution in [2.75, 3.05) is 13.1 Å². The number of benzene rings is 1. The van der Waals surface area contributed by atoms with E-state index in [0.29, 0.717) is 5.56 Å². The molecule has 0 atom stereocenters. The number of rotatable bonds is 2. The van der Waals surface area contributed by atoms with Gasteiger partial charge in [0.1, 0.15) is 5.65 Å². The summed E-state index contributed by atoms with van der Waals surface area (Å²) in [6.45, 7) is 2.19. The highest BCUT2D eigenvalue weighted by atomic mass is 19.3. The van der Waals surface area contributed by atoms with E-state index in [1.165, 1.54) is 16.7 Å². The molecule has 4 nitrogen and oxygen atoms in total. The Morgan fingerprint density at radius 1 is 1.12 bits per heavy atom. The van der Waals surface area contributed by atoms with Crippen LogP contribution >= 0.6 is 0 Å². The lowest BCUT2D eigenvalue weighted by molar-refractivity contribution is -0.0494. The fourth-order valence-electron chi connectivity index (χ4n) is 3.27. The highest BCUT2D eigenvalue weighted by molar-refractivity contribution is 5.97. The highest BCUT2D eigenvalue weighted by Crippen LogP contribution is 2.28. The molecule has 0 bridgehead atoms. The van der Waals surface area contributed by atoms with E-state index >= 15 is 0 Å². The number of carbonyl (C=O) groups is 1. The Kier molecular flexibility index (Phi) is 3.98. The van der Waals surface area contributed by atoms with Gasteiger partial charge in [0, 0.05) is 49.4 Å². The molecule has 26 heavy (non-hydrogen) atoms. The molecule has 3 heterocycles. The predicted molar refractivity (Wildman–Crippen MR) is 95.9 cm³/mol. The zero-order chi connectivity index (χ0) is 18.3. The molecular formula is C20H19F2N3O. The summed E-state index contributed by atoms with van der Waals surface area (Å²) in [6.07, 6.45) is 2.89. The first-order chi connectivity index (χ1) is 12.4. The molecule has 0 radical (unpaired) electrons. The molecule has 0 N–H and O–H groups in total. The van der Waals surface area contributed by atoms with Crippen molar-refractivity contribution in [1.29, 1.82) is 0 Å². The van der Waals surface area contributed by atoms with Crippen LogP contribution in [0.5, 0.6) is 0 Å². The summed E-state index contributed by atoms with van der Waals surface area (Å²) in [5.74, 6) is -2.90. The number of alkyl halides is 2. The SMILES string of the molecule is Cc1ccc(-n2ccc3cc(C(=O)N4CCC(F)(F)CC4)cnc32)cc1. The lowest BCUT2D eigenvalue weighted by atomic mass is 10.1. The minimum atomic E-state index is -2.66. The van der Waals surface area contributed by atoms with Gasteiger partial charge in [0.05, 0.1) is 5.56 Å². The maximum atomic E-state index is 13.3. The largest absolute Gasteiger partial charge is 0.338 e. The smallest absolute Gasteiger partial charge is 0.255 e. The Bertz CT molecular complexity index is 953. The zero-order valence-electron chi connectivity index (χ0n) is 14.5. The maximum absolute atomic E-state index is 13.3. The number of pyridine rings is 1. The van der Waals surface area contributed by atoms with Gasteiger partial charge in [-0.1, -0.05) is 17.7 Å². The highest BCUT2D eigenvalue weighted by Gasteiger charge is 2.35. The topological polar surface area (TPSA) is 38.1 Å². The molecule has 2 aromatic heterocycles. The Balaban J connectivity index is 1.61. The number of hydrogen-bond donors (Lipinski definition) is 0. The van der Waals surface area contributed by atoms with Crippen LogP contribution in [-0.4, -0.2) is 39.4 Å². The molecule has 6 heteroatoms. The molecule has 134 valence electrons. The van der Waals surface area contributed by atoms with Crippen LogP contribution in [0.3, 0.4) is 0 Å². The molecule has 0 aliphatic carbocycles. The van der Waals surface area contributed by atoms with Crippen molar-refractivity contribution in [2.45, 2.75) is 25.7 Å². The Morgan fingerprint density at radius 3 is 2.50 bits per heavy atom. The first-order valence-corrected chi connectivity index (χ1v) is 8.64. The van der Waals surface area contributed by atoms with Gasteiger partial charge in [0.15, 0.2) is 0 Å². The van der Waals surface area contributed by atoms with E-state index < -0.39 is 5.92 Å². The van der Waals surface area contributed by atoms with Crippen molar-refractivity contribution >= 4 is 16.9 Å². The second-order valence-corrected chi connectivity index (χ2v) is 6.81. The fraction of sp³-hybridized carbons (Fsp3) is 0.300.